The molecule has 0 aliphatic rings. The second-order valence-electron chi connectivity index (χ2n) is 7.32. The predicted octanol–water partition coefficient (Wildman–Crippen LogP) is 3.91. The van der Waals surface area contributed by atoms with Gasteiger partial charge in [0.2, 0.25) is 11.5 Å². The van der Waals surface area contributed by atoms with Crippen molar-refractivity contribution in [1.29, 1.82) is 0 Å². The molecule has 0 saturated carbocycles. The highest BCUT2D eigenvalue weighted by atomic mass is 16.6. The van der Waals surface area contributed by atoms with Gasteiger partial charge in [0.25, 0.3) is 5.91 Å². The number of aryl methyl sites for hydroxylation is 1. The highest BCUT2D eigenvalue weighted by Gasteiger charge is 2.24. The van der Waals surface area contributed by atoms with E-state index in [0.717, 1.165) is 11.8 Å². The summed E-state index contributed by atoms with van der Waals surface area (Å²) in [6.45, 7) is 1.89. The number of ether oxygens (including phenoxy) is 4. The highest BCUT2D eigenvalue weighted by molar-refractivity contribution is 5.97. The molecule has 0 heterocycles. The molecule has 11 heteroatoms. The summed E-state index contributed by atoms with van der Waals surface area (Å²) >= 11 is 0. The van der Waals surface area contributed by atoms with Gasteiger partial charge in [-0.2, -0.15) is 5.10 Å². The monoisotopic (exact) mass is 493 g/mol. The number of hydrazone groups is 1. The first kappa shape index (κ1) is 25.7. The lowest BCUT2D eigenvalue weighted by molar-refractivity contribution is -0.385. The van der Waals surface area contributed by atoms with Crippen molar-refractivity contribution < 1.29 is 33.5 Å². The van der Waals surface area contributed by atoms with E-state index in [0.29, 0.717) is 5.56 Å². The second kappa shape index (κ2) is 11.5. The van der Waals surface area contributed by atoms with E-state index < -0.39 is 22.5 Å². The Kier molecular flexibility index (Phi) is 8.18. The van der Waals surface area contributed by atoms with Crippen LogP contribution in [0.3, 0.4) is 0 Å². The number of hydrogen-bond acceptors (Lipinski definition) is 9. The first-order chi connectivity index (χ1) is 17.3. The Labute approximate surface area is 206 Å². The van der Waals surface area contributed by atoms with E-state index in [1.54, 1.807) is 24.3 Å². The van der Waals surface area contributed by atoms with E-state index in [4.69, 9.17) is 18.9 Å². The number of methoxy groups -OCH3 is 3. The van der Waals surface area contributed by atoms with Crippen LogP contribution in [-0.4, -0.2) is 44.3 Å². The van der Waals surface area contributed by atoms with Gasteiger partial charge in [0.1, 0.15) is 0 Å². The third kappa shape index (κ3) is 5.76. The Balaban J connectivity index is 1.91. The molecule has 0 aliphatic heterocycles. The topological polar surface area (TPSA) is 139 Å². The van der Waals surface area contributed by atoms with Gasteiger partial charge in [-0.15, -0.1) is 0 Å². The Morgan fingerprint density at radius 3 is 2.11 bits per heavy atom. The molecular formula is C25H23N3O8. The van der Waals surface area contributed by atoms with Gasteiger partial charge in [0.15, 0.2) is 11.5 Å². The van der Waals surface area contributed by atoms with Crippen LogP contribution in [0.5, 0.6) is 23.0 Å². The minimum absolute atomic E-state index is 0.00165. The third-order valence-electron chi connectivity index (χ3n) is 5.00. The normalized spacial score (nSPS) is 10.6. The smallest absolute Gasteiger partial charge is 0.344 e. The molecule has 1 N–H and O–H groups in total. The summed E-state index contributed by atoms with van der Waals surface area (Å²) < 4.78 is 21.1. The highest BCUT2D eigenvalue weighted by Crippen LogP contribution is 2.39. The van der Waals surface area contributed by atoms with Gasteiger partial charge in [0.05, 0.1) is 38.0 Å². The van der Waals surface area contributed by atoms with Crippen LogP contribution < -0.4 is 24.4 Å². The van der Waals surface area contributed by atoms with Gasteiger partial charge in [-0.1, -0.05) is 23.8 Å². The summed E-state index contributed by atoms with van der Waals surface area (Å²) in [6.07, 6.45) is 1.15. The molecule has 0 saturated heterocycles. The summed E-state index contributed by atoms with van der Waals surface area (Å²) in [4.78, 5) is 36.2. The zero-order valence-corrected chi connectivity index (χ0v) is 19.9. The molecule has 36 heavy (non-hydrogen) atoms. The number of nitrogens with zero attached hydrogens (tertiary/aromatic N) is 2. The zero-order chi connectivity index (χ0) is 26.2. The number of hydrogen-bond donors (Lipinski definition) is 1. The number of carbonyl (C=O) groups excluding carboxylic acids is 2. The molecule has 0 aromatic heterocycles. The van der Waals surface area contributed by atoms with Crippen LogP contribution in [0, 0.1) is 17.0 Å². The van der Waals surface area contributed by atoms with Crippen molar-refractivity contribution in [2.45, 2.75) is 6.92 Å². The van der Waals surface area contributed by atoms with E-state index in [1.165, 1.54) is 51.7 Å². The number of esters is 1. The maximum absolute atomic E-state index is 13.0. The van der Waals surface area contributed by atoms with Gasteiger partial charge in [-0.05, 0) is 37.3 Å². The van der Waals surface area contributed by atoms with E-state index in [-0.39, 0.29) is 34.1 Å². The number of nitro groups is 1. The van der Waals surface area contributed by atoms with Crippen molar-refractivity contribution in [3.8, 4) is 23.0 Å². The molecule has 0 unspecified atom stereocenters. The van der Waals surface area contributed by atoms with Crippen molar-refractivity contribution in [3.63, 3.8) is 0 Å². The molecule has 0 spiro atoms. The van der Waals surface area contributed by atoms with Crippen LogP contribution in [0.4, 0.5) is 5.69 Å². The molecule has 0 radical (unpaired) electrons. The number of amides is 1. The van der Waals surface area contributed by atoms with Gasteiger partial charge < -0.3 is 18.9 Å². The van der Waals surface area contributed by atoms with Crippen LogP contribution >= 0.6 is 0 Å². The number of carbonyl (C=O) groups is 2. The number of rotatable bonds is 9. The Morgan fingerprint density at radius 2 is 1.56 bits per heavy atom. The number of nitro benzene ring substituents is 1. The Hall–Kier alpha value is -4.93. The standard InChI is InChI=1S/C25H23N3O8/c1-15-8-10-16(11-9-15)24(29)27-26-14-17-6-5-7-19(28(31)32)22(17)36-25(30)18-12-20(33-2)23(35-4)21(13-18)34-3/h5-14H,1-4H3,(H,27,29)/b26-14+. The Morgan fingerprint density at radius 1 is 0.917 bits per heavy atom. The van der Waals surface area contributed by atoms with Gasteiger partial charge in [-0.3, -0.25) is 14.9 Å². The van der Waals surface area contributed by atoms with Crippen LogP contribution in [0.25, 0.3) is 0 Å². The molecular weight excluding hydrogens is 470 g/mol. The fraction of sp³-hybridized carbons (Fsp3) is 0.160. The van der Waals surface area contributed by atoms with Gasteiger partial charge >= 0.3 is 11.7 Å². The fourth-order valence-electron chi connectivity index (χ4n) is 3.18. The predicted molar refractivity (Wildman–Crippen MR) is 130 cm³/mol. The van der Waals surface area contributed by atoms with Crippen LogP contribution in [-0.2, 0) is 0 Å². The van der Waals surface area contributed by atoms with Crippen LogP contribution in [0.2, 0.25) is 0 Å². The third-order valence-corrected chi connectivity index (χ3v) is 5.00. The average molecular weight is 493 g/mol. The summed E-state index contributed by atoms with van der Waals surface area (Å²) in [5, 5.41) is 15.5. The lowest BCUT2D eigenvalue weighted by Crippen LogP contribution is -2.17. The summed E-state index contributed by atoms with van der Waals surface area (Å²) in [5.74, 6) is -1.08. The summed E-state index contributed by atoms with van der Waals surface area (Å²) in [5.41, 5.74) is 3.34. The molecule has 1 amide bonds. The second-order valence-corrected chi connectivity index (χ2v) is 7.32. The lowest BCUT2D eigenvalue weighted by Gasteiger charge is -2.14. The number of para-hydroxylation sites is 1. The molecule has 186 valence electrons. The maximum Gasteiger partial charge on any atom is 0.344 e. The van der Waals surface area contributed by atoms with Crippen molar-refractivity contribution >= 4 is 23.8 Å². The maximum atomic E-state index is 13.0. The largest absolute Gasteiger partial charge is 0.493 e. The van der Waals surface area contributed by atoms with E-state index in [2.05, 4.69) is 10.5 Å². The van der Waals surface area contributed by atoms with Gasteiger partial charge in [-0.25, -0.2) is 10.2 Å². The summed E-state index contributed by atoms with van der Waals surface area (Å²) in [7, 11) is 4.18. The SMILES string of the molecule is COc1cc(C(=O)Oc2c(/C=N/NC(=O)c3ccc(C)cc3)cccc2[N+](=O)[O-])cc(OC)c1OC. The van der Waals surface area contributed by atoms with Crippen molar-refractivity contribution in [3.05, 3.63) is 87.0 Å². The summed E-state index contributed by atoms with van der Waals surface area (Å²) in [6, 6.07) is 13.6. The molecule has 0 atom stereocenters. The van der Waals surface area contributed by atoms with E-state index in [1.807, 2.05) is 6.92 Å². The quantitative estimate of drug-likeness (QED) is 0.156. The van der Waals surface area contributed by atoms with Crippen molar-refractivity contribution in [2.75, 3.05) is 21.3 Å². The average Bonchev–Trinajstić information content (AvgIpc) is 2.88. The van der Waals surface area contributed by atoms with Crippen LogP contribution in [0.1, 0.15) is 31.8 Å². The van der Waals surface area contributed by atoms with Crippen molar-refractivity contribution in [1.82, 2.24) is 5.43 Å². The van der Waals surface area contributed by atoms with Gasteiger partial charge in [0, 0.05) is 17.2 Å². The van der Waals surface area contributed by atoms with E-state index >= 15 is 0 Å². The molecule has 3 aromatic carbocycles. The molecule has 11 nitrogen and oxygen atoms in total. The molecule has 0 fully saturated rings. The fourth-order valence-corrected chi connectivity index (χ4v) is 3.18. The molecule has 3 aromatic rings. The first-order valence-electron chi connectivity index (χ1n) is 10.5. The number of benzene rings is 3. The Bertz CT molecular complexity index is 1290. The molecule has 0 aliphatic carbocycles. The molecule has 0 bridgehead atoms. The first-order valence-corrected chi connectivity index (χ1v) is 10.5. The zero-order valence-electron chi connectivity index (χ0n) is 19.9. The molecule has 3 rings (SSSR count). The minimum atomic E-state index is -0.915. The number of nitrogens with one attached hydrogen (secondary N) is 1. The lowest BCUT2D eigenvalue weighted by atomic mass is 10.1. The van der Waals surface area contributed by atoms with Crippen LogP contribution in [0.15, 0.2) is 59.7 Å². The van der Waals surface area contributed by atoms with Crippen molar-refractivity contribution in [2.24, 2.45) is 5.10 Å². The van der Waals surface area contributed by atoms with E-state index in [9.17, 15) is 19.7 Å². The minimum Gasteiger partial charge on any atom is -0.493 e.